The van der Waals surface area contributed by atoms with Crippen molar-refractivity contribution in [1.29, 1.82) is 0 Å². The number of carbonyl (C=O) groups is 1. The van der Waals surface area contributed by atoms with Gasteiger partial charge in [0.1, 0.15) is 11.7 Å². The molecule has 9 nitrogen and oxygen atoms in total. The zero-order chi connectivity index (χ0) is 17.9. The average molecular weight is 359 g/mol. The molecular weight excluding hydrogens is 338 g/mol. The van der Waals surface area contributed by atoms with Gasteiger partial charge in [0.25, 0.3) is 17.7 Å². The average Bonchev–Trinajstić information content (AvgIpc) is 3.12. The summed E-state index contributed by atoms with van der Waals surface area (Å²) in [6, 6.07) is 0. The lowest BCUT2D eigenvalue weighted by Crippen LogP contribution is -2.44. The van der Waals surface area contributed by atoms with Gasteiger partial charge in [-0.2, -0.15) is 5.10 Å². The number of methoxy groups -OCH3 is 1. The summed E-state index contributed by atoms with van der Waals surface area (Å²) < 4.78 is 18.5. The van der Waals surface area contributed by atoms with Crippen LogP contribution in [0.4, 0.5) is 0 Å². The number of hydrogen-bond donors (Lipinski definition) is 0. The Kier molecular flexibility index (Phi) is 4.59. The van der Waals surface area contributed by atoms with E-state index in [1.165, 1.54) is 7.11 Å². The quantitative estimate of drug-likeness (QED) is 0.808. The molecule has 0 aromatic carbocycles. The fourth-order valence-corrected chi connectivity index (χ4v) is 3.30. The largest absolute Gasteiger partial charge is 0.477 e. The molecule has 2 aliphatic heterocycles. The molecule has 2 aliphatic rings. The Morgan fingerprint density at radius 3 is 2.92 bits per heavy atom. The van der Waals surface area contributed by atoms with Gasteiger partial charge >= 0.3 is 0 Å². The van der Waals surface area contributed by atoms with E-state index < -0.39 is 0 Å². The number of fused-ring (bicyclic) bond motifs is 1. The highest BCUT2D eigenvalue weighted by Crippen LogP contribution is 2.27. The monoisotopic (exact) mass is 359 g/mol. The highest BCUT2D eigenvalue weighted by Gasteiger charge is 2.30. The van der Waals surface area contributed by atoms with Gasteiger partial charge < -0.3 is 19.1 Å². The maximum atomic E-state index is 12.9. The number of rotatable bonds is 4. The number of aryl methyl sites for hydroxylation is 1. The molecule has 1 amide bonds. The lowest BCUT2D eigenvalue weighted by molar-refractivity contribution is 0.0514. The van der Waals surface area contributed by atoms with Gasteiger partial charge in [0.15, 0.2) is 0 Å². The minimum atomic E-state index is -0.161. The van der Waals surface area contributed by atoms with Crippen LogP contribution < -0.4 is 14.2 Å². The molecule has 138 valence electrons. The predicted octanol–water partition coefficient (Wildman–Crippen LogP) is 1.15. The second-order valence-electron chi connectivity index (χ2n) is 6.29. The Bertz CT molecular complexity index is 793. The van der Waals surface area contributed by atoms with E-state index >= 15 is 0 Å². The lowest BCUT2D eigenvalue weighted by atomic mass is 10.1. The third kappa shape index (κ3) is 3.16. The molecule has 0 aliphatic carbocycles. The second-order valence-corrected chi connectivity index (χ2v) is 6.29. The molecule has 0 N–H and O–H groups in total. The Hall–Kier alpha value is -2.84. The van der Waals surface area contributed by atoms with Crippen molar-refractivity contribution in [2.45, 2.75) is 31.9 Å². The Labute approximate surface area is 150 Å². The Morgan fingerprint density at radius 2 is 2.08 bits per heavy atom. The highest BCUT2D eigenvalue weighted by molar-refractivity contribution is 5.96. The number of nitrogens with zero attached hydrogens (tertiary/aromatic N) is 5. The summed E-state index contributed by atoms with van der Waals surface area (Å²) in [6.45, 7) is 2.55. The zero-order valence-electron chi connectivity index (χ0n) is 14.6. The molecule has 1 atom stereocenters. The molecule has 2 aromatic rings. The smallest absolute Gasteiger partial charge is 0.278 e. The molecule has 0 bridgehead atoms. The number of ether oxygens (including phenoxy) is 3. The first-order chi connectivity index (χ1) is 12.8. The summed E-state index contributed by atoms with van der Waals surface area (Å²) in [7, 11) is 1.52. The summed E-state index contributed by atoms with van der Waals surface area (Å²) in [5.74, 6) is 1.18. The Morgan fingerprint density at radius 1 is 1.23 bits per heavy atom. The number of aromatic nitrogens is 4. The van der Waals surface area contributed by atoms with Gasteiger partial charge in [-0.05, 0) is 12.8 Å². The topological polar surface area (TPSA) is 91.6 Å². The summed E-state index contributed by atoms with van der Waals surface area (Å²) >= 11 is 0. The first kappa shape index (κ1) is 16.6. The molecule has 0 radical (unpaired) electrons. The summed E-state index contributed by atoms with van der Waals surface area (Å²) in [4.78, 5) is 23.0. The van der Waals surface area contributed by atoms with E-state index in [-0.39, 0.29) is 12.0 Å². The van der Waals surface area contributed by atoms with Crippen molar-refractivity contribution in [2.75, 3.05) is 26.8 Å². The van der Waals surface area contributed by atoms with Crippen LogP contribution in [0.25, 0.3) is 0 Å². The molecule has 26 heavy (non-hydrogen) atoms. The third-order valence-electron chi connectivity index (χ3n) is 4.54. The van der Waals surface area contributed by atoms with Crippen molar-refractivity contribution < 1.29 is 19.0 Å². The van der Waals surface area contributed by atoms with Gasteiger partial charge in [0.2, 0.25) is 5.88 Å². The molecule has 1 unspecified atom stereocenters. The maximum absolute atomic E-state index is 12.9. The van der Waals surface area contributed by atoms with Crippen molar-refractivity contribution in [3.63, 3.8) is 0 Å². The van der Waals surface area contributed by atoms with E-state index in [1.54, 1.807) is 28.2 Å². The molecule has 4 heterocycles. The highest BCUT2D eigenvalue weighted by atomic mass is 16.5. The molecule has 2 aromatic heterocycles. The number of hydrogen-bond acceptors (Lipinski definition) is 7. The van der Waals surface area contributed by atoms with Crippen LogP contribution in [0, 0.1) is 0 Å². The van der Waals surface area contributed by atoms with E-state index in [1.807, 2.05) is 0 Å². The van der Waals surface area contributed by atoms with E-state index in [0.717, 1.165) is 25.8 Å². The fraction of sp³-hybridized carbons (Fsp3) is 0.529. The van der Waals surface area contributed by atoms with Gasteiger partial charge in [-0.15, -0.1) is 0 Å². The number of amides is 1. The van der Waals surface area contributed by atoms with Crippen molar-refractivity contribution in [3.8, 4) is 17.6 Å². The number of likely N-dealkylation sites (tertiary alicyclic amines) is 1. The van der Waals surface area contributed by atoms with Gasteiger partial charge in [0, 0.05) is 31.9 Å². The molecule has 4 rings (SSSR count). The van der Waals surface area contributed by atoms with Gasteiger partial charge in [-0.1, -0.05) is 0 Å². The summed E-state index contributed by atoms with van der Waals surface area (Å²) in [5, 5.41) is 4.26. The molecule has 9 heteroatoms. The summed E-state index contributed by atoms with van der Waals surface area (Å²) in [6.07, 6.45) is 7.13. The summed E-state index contributed by atoms with van der Waals surface area (Å²) in [5.41, 5.74) is 0.516. The van der Waals surface area contributed by atoms with E-state index in [2.05, 4.69) is 15.1 Å². The number of piperidine rings is 1. The molecular formula is C17H21N5O4. The van der Waals surface area contributed by atoms with Gasteiger partial charge in [0.05, 0.1) is 26.5 Å². The van der Waals surface area contributed by atoms with Crippen molar-refractivity contribution >= 4 is 5.91 Å². The Balaban J connectivity index is 1.46. The van der Waals surface area contributed by atoms with E-state index in [4.69, 9.17) is 14.2 Å². The number of carbonyl (C=O) groups excluding carboxylic acids is 1. The normalized spacial score (nSPS) is 19.4. The van der Waals surface area contributed by atoms with Crippen LogP contribution in [0.2, 0.25) is 0 Å². The van der Waals surface area contributed by atoms with Crippen LogP contribution in [-0.2, 0) is 6.54 Å². The van der Waals surface area contributed by atoms with Crippen LogP contribution in [-0.4, -0.2) is 63.5 Å². The molecule has 1 saturated heterocycles. The van der Waals surface area contributed by atoms with Crippen LogP contribution >= 0.6 is 0 Å². The van der Waals surface area contributed by atoms with Crippen LogP contribution in [0.3, 0.4) is 0 Å². The fourth-order valence-electron chi connectivity index (χ4n) is 3.30. The van der Waals surface area contributed by atoms with Crippen molar-refractivity contribution in [3.05, 3.63) is 24.2 Å². The lowest BCUT2D eigenvalue weighted by Gasteiger charge is -2.32. The third-order valence-corrected chi connectivity index (χ3v) is 4.54. The second kappa shape index (κ2) is 7.19. The van der Waals surface area contributed by atoms with Crippen LogP contribution in [0.1, 0.15) is 29.6 Å². The zero-order valence-corrected chi connectivity index (χ0v) is 14.6. The minimum Gasteiger partial charge on any atom is -0.477 e. The minimum absolute atomic E-state index is 0.0763. The van der Waals surface area contributed by atoms with Crippen molar-refractivity contribution in [2.24, 2.45) is 0 Å². The van der Waals surface area contributed by atoms with E-state index in [0.29, 0.717) is 42.9 Å². The van der Waals surface area contributed by atoms with E-state index in [9.17, 15) is 4.79 Å². The van der Waals surface area contributed by atoms with Gasteiger partial charge in [-0.3, -0.25) is 4.79 Å². The van der Waals surface area contributed by atoms with Crippen LogP contribution in [0.5, 0.6) is 17.6 Å². The first-order valence-corrected chi connectivity index (χ1v) is 8.76. The maximum Gasteiger partial charge on any atom is 0.278 e. The molecule has 0 spiro atoms. The predicted molar refractivity (Wildman–Crippen MR) is 90.5 cm³/mol. The SMILES string of the molecule is COc1nccnc1OC1CCCN(C(=O)c2cnn3c2OCCC3)C1. The van der Waals surface area contributed by atoms with Gasteiger partial charge in [-0.25, -0.2) is 14.6 Å². The van der Waals surface area contributed by atoms with Crippen LogP contribution in [0.15, 0.2) is 18.6 Å². The first-order valence-electron chi connectivity index (χ1n) is 8.76. The standard InChI is InChI=1S/C17H21N5O4/c1-24-14-15(19-6-5-18-14)26-12-4-2-7-21(11-12)16(23)13-10-20-22-8-3-9-25-17(13)22/h5-6,10,12H,2-4,7-9,11H2,1H3. The molecule has 0 saturated carbocycles. The van der Waals surface area contributed by atoms with Crippen molar-refractivity contribution in [1.82, 2.24) is 24.6 Å². The molecule has 1 fully saturated rings.